The zero-order valence-corrected chi connectivity index (χ0v) is 9.27. The van der Waals surface area contributed by atoms with E-state index in [1.807, 2.05) is 26.0 Å². The largest absolute Gasteiger partial charge is 0.507 e. The molecule has 0 aliphatic carbocycles. The number of nitrogens with zero attached hydrogens (tertiary/aromatic N) is 1. The Morgan fingerprint density at radius 2 is 2.12 bits per heavy atom. The smallest absolute Gasteiger partial charge is 0.222 e. The Bertz CT molecular complexity index is 503. The normalized spacial score (nSPS) is 10.9. The summed E-state index contributed by atoms with van der Waals surface area (Å²) in [6.07, 6.45) is 0. The fraction of sp³-hybridized carbons (Fsp3) is 0.250. The highest BCUT2D eigenvalue weighted by Gasteiger charge is 2.14. The third kappa shape index (κ3) is 1.74. The van der Waals surface area contributed by atoms with Gasteiger partial charge in [0.2, 0.25) is 5.88 Å². The Morgan fingerprint density at radius 3 is 2.69 bits per heavy atom. The number of aromatic hydroxyl groups is 1. The second-order valence-corrected chi connectivity index (χ2v) is 4.01. The van der Waals surface area contributed by atoms with E-state index in [4.69, 9.17) is 10.3 Å². The summed E-state index contributed by atoms with van der Waals surface area (Å²) in [7, 11) is 0. The number of para-hydroxylation sites is 1. The maximum absolute atomic E-state index is 10.1. The first-order chi connectivity index (χ1) is 7.59. The molecule has 0 aliphatic rings. The van der Waals surface area contributed by atoms with Crippen LogP contribution in [-0.4, -0.2) is 10.3 Å². The SMILES string of the molecule is CC(C)c1cccc(-c2cc(N)on2)c1O. The molecule has 0 saturated heterocycles. The van der Waals surface area contributed by atoms with E-state index in [9.17, 15) is 5.11 Å². The van der Waals surface area contributed by atoms with Crippen LogP contribution in [0.3, 0.4) is 0 Å². The van der Waals surface area contributed by atoms with Crippen LogP contribution in [-0.2, 0) is 0 Å². The van der Waals surface area contributed by atoms with E-state index in [0.29, 0.717) is 11.3 Å². The van der Waals surface area contributed by atoms with Crippen molar-refractivity contribution in [3.63, 3.8) is 0 Å². The summed E-state index contributed by atoms with van der Waals surface area (Å²) >= 11 is 0. The van der Waals surface area contributed by atoms with Gasteiger partial charge in [-0.05, 0) is 17.5 Å². The lowest BCUT2D eigenvalue weighted by Gasteiger charge is -2.10. The molecular weight excluding hydrogens is 204 g/mol. The monoisotopic (exact) mass is 218 g/mol. The van der Waals surface area contributed by atoms with Gasteiger partial charge in [0.1, 0.15) is 11.4 Å². The number of anilines is 1. The van der Waals surface area contributed by atoms with E-state index < -0.39 is 0 Å². The quantitative estimate of drug-likeness (QED) is 0.812. The molecular formula is C12H14N2O2. The molecule has 0 radical (unpaired) electrons. The molecule has 4 nitrogen and oxygen atoms in total. The minimum atomic E-state index is 0.240. The van der Waals surface area contributed by atoms with Crippen molar-refractivity contribution in [3.05, 3.63) is 29.8 Å². The first-order valence-electron chi connectivity index (χ1n) is 5.14. The molecule has 2 aromatic rings. The Kier molecular flexibility index (Phi) is 2.56. The number of aromatic nitrogens is 1. The highest BCUT2D eigenvalue weighted by molar-refractivity contribution is 5.70. The molecule has 0 unspecified atom stereocenters. The lowest BCUT2D eigenvalue weighted by Crippen LogP contribution is -1.90. The van der Waals surface area contributed by atoms with Crippen molar-refractivity contribution in [2.45, 2.75) is 19.8 Å². The fourth-order valence-corrected chi connectivity index (χ4v) is 1.65. The number of phenolic OH excluding ortho intramolecular Hbond substituents is 1. The minimum absolute atomic E-state index is 0.240. The van der Waals surface area contributed by atoms with E-state index in [1.165, 1.54) is 0 Å². The summed E-state index contributed by atoms with van der Waals surface area (Å²) in [6.45, 7) is 4.05. The summed E-state index contributed by atoms with van der Waals surface area (Å²) in [4.78, 5) is 0. The molecule has 0 aliphatic heterocycles. The third-order valence-corrected chi connectivity index (χ3v) is 2.49. The van der Waals surface area contributed by atoms with Crippen molar-refractivity contribution in [1.82, 2.24) is 5.16 Å². The molecule has 1 aromatic heterocycles. The van der Waals surface area contributed by atoms with Gasteiger partial charge in [-0.15, -0.1) is 0 Å². The van der Waals surface area contributed by atoms with Gasteiger partial charge in [-0.3, -0.25) is 0 Å². The molecule has 0 atom stereocenters. The van der Waals surface area contributed by atoms with Gasteiger partial charge in [-0.1, -0.05) is 31.1 Å². The highest BCUT2D eigenvalue weighted by Crippen LogP contribution is 2.35. The second kappa shape index (κ2) is 3.89. The number of hydrogen-bond donors (Lipinski definition) is 2. The first kappa shape index (κ1) is 10.5. The molecule has 2 rings (SSSR count). The molecule has 16 heavy (non-hydrogen) atoms. The molecule has 0 saturated carbocycles. The molecule has 1 aromatic carbocycles. The van der Waals surface area contributed by atoms with Crippen LogP contribution in [0.4, 0.5) is 5.88 Å². The molecule has 0 amide bonds. The van der Waals surface area contributed by atoms with E-state index in [2.05, 4.69) is 5.16 Å². The maximum Gasteiger partial charge on any atom is 0.222 e. The predicted octanol–water partition coefficient (Wildman–Crippen LogP) is 2.75. The van der Waals surface area contributed by atoms with Crippen LogP contribution in [0.1, 0.15) is 25.3 Å². The van der Waals surface area contributed by atoms with Crippen LogP contribution in [0.25, 0.3) is 11.3 Å². The summed E-state index contributed by atoms with van der Waals surface area (Å²) in [6, 6.07) is 7.17. The fourth-order valence-electron chi connectivity index (χ4n) is 1.65. The van der Waals surface area contributed by atoms with Crippen LogP contribution < -0.4 is 5.73 Å². The Morgan fingerprint density at radius 1 is 1.38 bits per heavy atom. The van der Waals surface area contributed by atoms with Gasteiger partial charge in [0.25, 0.3) is 0 Å². The number of nitrogens with two attached hydrogens (primary N) is 1. The van der Waals surface area contributed by atoms with E-state index >= 15 is 0 Å². The summed E-state index contributed by atoms with van der Waals surface area (Å²) < 4.78 is 4.79. The zero-order chi connectivity index (χ0) is 11.7. The van der Waals surface area contributed by atoms with E-state index in [0.717, 1.165) is 5.56 Å². The van der Waals surface area contributed by atoms with E-state index in [-0.39, 0.29) is 17.6 Å². The van der Waals surface area contributed by atoms with Crippen molar-refractivity contribution in [2.75, 3.05) is 5.73 Å². The standard InChI is InChI=1S/C12H14N2O2/c1-7(2)8-4-3-5-9(12(8)15)10-6-11(13)16-14-10/h3-7,15H,13H2,1-2H3. The van der Waals surface area contributed by atoms with Gasteiger partial charge in [-0.2, -0.15) is 0 Å². The van der Waals surface area contributed by atoms with Crippen molar-refractivity contribution in [2.24, 2.45) is 0 Å². The lowest BCUT2D eigenvalue weighted by atomic mass is 9.98. The topological polar surface area (TPSA) is 72.3 Å². The highest BCUT2D eigenvalue weighted by atomic mass is 16.5. The number of nitrogen functional groups attached to an aromatic ring is 1. The van der Waals surface area contributed by atoms with Crippen LogP contribution in [0.2, 0.25) is 0 Å². The third-order valence-electron chi connectivity index (χ3n) is 2.49. The zero-order valence-electron chi connectivity index (χ0n) is 9.27. The molecule has 4 heteroatoms. The number of hydrogen-bond acceptors (Lipinski definition) is 4. The van der Waals surface area contributed by atoms with Crippen molar-refractivity contribution < 1.29 is 9.63 Å². The Balaban J connectivity index is 2.54. The van der Waals surface area contributed by atoms with Gasteiger partial charge in [0.05, 0.1) is 0 Å². The van der Waals surface area contributed by atoms with Crippen molar-refractivity contribution >= 4 is 5.88 Å². The summed E-state index contributed by atoms with van der Waals surface area (Å²) in [5.74, 6) is 0.736. The van der Waals surface area contributed by atoms with Crippen LogP contribution >= 0.6 is 0 Å². The van der Waals surface area contributed by atoms with Gasteiger partial charge in [-0.25, -0.2) is 0 Å². The second-order valence-electron chi connectivity index (χ2n) is 4.01. The minimum Gasteiger partial charge on any atom is -0.507 e. The Labute approximate surface area is 93.7 Å². The number of phenols is 1. The van der Waals surface area contributed by atoms with Crippen LogP contribution in [0.15, 0.2) is 28.8 Å². The molecule has 0 fully saturated rings. The van der Waals surface area contributed by atoms with E-state index in [1.54, 1.807) is 12.1 Å². The van der Waals surface area contributed by atoms with Crippen LogP contribution in [0, 0.1) is 0 Å². The molecule has 1 heterocycles. The van der Waals surface area contributed by atoms with Gasteiger partial charge >= 0.3 is 0 Å². The van der Waals surface area contributed by atoms with Gasteiger partial charge < -0.3 is 15.4 Å². The number of rotatable bonds is 2. The van der Waals surface area contributed by atoms with Crippen molar-refractivity contribution in [3.8, 4) is 17.0 Å². The average Bonchev–Trinajstić information content (AvgIpc) is 2.64. The first-order valence-corrected chi connectivity index (χ1v) is 5.14. The maximum atomic E-state index is 10.1. The Hall–Kier alpha value is -1.97. The lowest BCUT2D eigenvalue weighted by molar-refractivity contribution is 0.436. The summed E-state index contributed by atoms with van der Waals surface area (Å²) in [5.41, 5.74) is 7.54. The van der Waals surface area contributed by atoms with Gasteiger partial charge in [0, 0.05) is 11.6 Å². The summed E-state index contributed by atoms with van der Waals surface area (Å²) in [5, 5.41) is 13.9. The van der Waals surface area contributed by atoms with Gasteiger partial charge in [0.15, 0.2) is 0 Å². The molecule has 0 bridgehead atoms. The molecule has 0 spiro atoms. The van der Waals surface area contributed by atoms with Crippen molar-refractivity contribution in [1.29, 1.82) is 0 Å². The number of benzene rings is 1. The average molecular weight is 218 g/mol. The molecule has 3 N–H and O–H groups in total. The van der Waals surface area contributed by atoms with Crippen LogP contribution in [0.5, 0.6) is 5.75 Å². The molecule has 84 valence electrons. The predicted molar refractivity (Wildman–Crippen MR) is 62.1 cm³/mol.